The predicted molar refractivity (Wildman–Crippen MR) is 119 cm³/mol. The maximum absolute atomic E-state index is 2.55. The number of benzene rings is 3. The van der Waals surface area contributed by atoms with E-state index in [2.05, 4.69) is 115 Å². The molecule has 0 bridgehead atoms. The molecule has 5 rings (SSSR count). The molecule has 3 aromatic rings. The van der Waals surface area contributed by atoms with Crippen LogP contribution in [-0.2, 0) is 20.9 Å². The Labute approximate surface area is 176 Å². The van der Waals surface area contributed by atoms with Gasteiger partial charge in [0.2, 0.25) is 0 Å². The molecule has 2 aliphatic carbocycles. The molecule has 0 aromatic heterocycles. The van der Waals surface area contributed by atoms with Gasteiger partial charge in [0.1, 0.15) is 0 Å². The van der Waals surface area contributed by atoms with Crippen LogP contribution in [0.5, 0.6) is 0 Å². The van der Waals surface area contributed by atoms with E-state index in [9.17, 15) is 0 Å². The molecule has 2 heteroatoms. The molecule has 0 spiro atoms. The van der Waals surface area contributed by atoms with Crippen molar-refractivity contribution in [3.05, 3.63) is 124 Å². The number of hydrogen-bond donors (Lipinski definition) is 0. The van der Waals surface area contributed by atoms with Gasteiger partial charge < -0.3 is 0 Å². The Morgan fingerprint density at radius 1 is 0.750 bits per heavy atom. The van der Waals surface area contributed by atoms with Crippen LogP contribution in [0.1, 0.15) is 21.2 Å². The van der Waals surface area contributed by atoms with Crippen LogP contribution in [0.25, 0.3) is 6.08 Å². The van der Waals surface area contributed by atoms with E-state index in [-0.39, 0.29) is 0 Å². The molecule has 0 saturated carbocycles. The van der Waals surface area contributed by atoms with Gasteiger partial charge in [0.15, 0.2) is 0 Å². The van der Waals surface area contributed by atoms with E-state index in [0.29, 0.717) is 3.63 Å². The Morgan fingerprint density at radius 3 is 2.04 bits per heavy atom. The summed E-state index contributed by atoms with van der Waals surface area (Å²) in [4.78, 5) is 0. The van der Waals surface area contributed by atoms with Gasteiger partial charge >= 0.3 is 177 Å². The fourth-order valence-electron chi connectivity index (χ4n) is 4.59. The van der Waals surface area contributed by atoms with E-state index >= 15 is 0 Å². The van der Waals surface area contributed by atoms with Gasteiger partial charge in [-0.3, -0.25) is 0 Å². The first kappa shape index (κ1) is 18.0. The molecule has 135 valence electrons. The molecular formula is C26H23SiZr. The molecule has 28 heavy (non-hydrogen) atoms. The summed E-state index contributed by atoms with van der Waals surface area (Å²) in [5, 5.41) is 3.24. The van der Waals surface area contributed by atoms with Crippen molar-refractivity contribution in [2.24, 2.45) is 0 Å². The average Bonchev–Trinajstić information content (AvgIpc) is 3.44. The molecule has 3 aromatic carbocycles. The van der Waals surface area contributed by atoms with Gasteiger partial charge in [0, 0.05) is 0 Å². The van der Waals surface area contributed by atoms with Crippen LogP contribution in [0, 0.1) is 0 Å². The van der Waals surface area contributed by atoms with Gasteiger partial charge in [-0.05, 0) is 0 Å². The second-order valence-electron chi connectivity index (χ2n) is 7.50. The van der Waals surface area contributed by atoms with E-state index in [1.807, 2.05) is 0 Å². The summed E-state index contributed by atoms with van der Waals surface area (Å²) in [6, 6.07) is 31.9. The molecule has 0 aliphatic heterocycles. The fourth-order valence-corrected chi connectivity index (χ4v) is 28.9. The van der Waals surface area contributed by atoms with Crippen molar-refractivity contribution in [2.45, 2.75) is 10.0 Å². The number of rotatable bonds is 5. The van der Waals surface area contributed by atoms with Crippen molar-refractivity contribution < 1.29 is 20.9 Å². The summed E-state index contributed by atoms with van der Waals surface area (Å²) in [6.07, 6.45) is 13.2. The van der Waals surface area contributed by atoms with Crippen molar-refractivity contribution in [2.75, 3.05) is 0 Å². The maximum atomic E-state index is 2.55. The third-order valence-electron chi connectivity index (χ3n) is 5.85. The summed E-state index contributed by atoms with van der Waals surface area (Å²) < 4.78 is 2.44. The Hall–Kier alpha value is -2.02. The number of fused-ring (bicyclic) bond motifs is 1. The zero-order valence-electron chi connectivity index (χ0n) is 15.8. The van der Waals surface area contributed by atoms with E-state index in [0.717, 1.165) is 0 Å². The molecule has 0 amide bonds. The van der Waals surface area contributed by atoms with Gasteiger partial charge in [-0.2, -0.15) is 0 Å². The molecule has 0 nitrogen and oxygen atoms in total. The van der Waals surface area contributed by atoms with E-state index in [4.69, 9.17) is 0 Å². The zero-order chi connectivity index (χ0) is 18.8. The Bertz CT molecular complexity index is 1010. The third-order valence-corrected chi connectivity index (χ3v) is 28.0. The topological polar surface area (TPSA) is 0 Å². The van der Waals surface area contributed by atoms with Gasteiger partial charge in [-0.1, -0.05) is 0 Å². The van der Waals surface area contributed by atoms with Crippen molar-refractivity contribution in [1.82, 2.24) is 0 Å². The van der Waals surface area contributed by atoms with Crippen LogP contribution < -0.4 is 10.4 Å². The molecule has 2 aliphatic rings. The van der Waals surface area contributed by atoms with Crippen LogP contribution >= 0.6 is 0 Å². The minimum absolute atomic E-state index is 0.654. The summed E-state index contributed by atoms with van der Waals surface area (Å²) in [5.41, 5.74) is 3.01. The van der Waals surface area contributed by atoms with Gasteiger partial charge in [0.25, 0.3) is 0 Å². The molecule has 0 N–H and O–H groups in total. The zero-order valence-corrected chi connectivity index (χ0v) is 19.4. The van der Waals surface area contributed by atoms with Crippen molar-refractivity contribution in [3.63, 3.8) is 0 Å². The predicted octanol–water partition coefficient (Wildman–Crippen LogP) is 4.75. The van der Waals surface area contributed by atoms with Crippen LogP contribution in [0.3, 0.4) is 0 Å². The van der Waals surface area contributed by atoms with Crippen LogP contribution in [-0.4, -0.2) is 5.92 Å². The first-order valence-electron chi connectivity index (χ1n) is 10.0. The molecule has 0 radical (unpaired) electrons. The molecule has 0 saturated heterocycles. The van der Waals surface area contributed by atoms with Gasteiger partial charge in [0.05, 0.1) is 0 Å². The summed E-state index contributed by atoms with van der Waals surface area (Å²) >= 11 is -2.06. The quantitative estimate of drug-likeness (QED) is 0.488. The summed E-state index contributed by atoms with van der Waals surface area (Å²) in [7, 11) is 0. The molecule has 0 fully saturated rings. The van der Waals surface area contributed by atoms with Crippen LogP contribution in [0.4, 0.5) is 0 Å². The monoisotopic (exact) mass is 453 g/mol. The van der Waals surface area contributed by atoms with Gasteiger partial charge in [-0.15, -0.1) is 0 Å². The van der Waals surface area contributed by atoms with Gasteiger partial charge in [-0.25, -0.2) is 0 Å². The van der Waals surface area contributed by atoms with Crippen LogP contribution in [0.2, 0.25) is 0 Å². The SMILES string of the molecule is C1=CC[C]([Zr]([CH]2C=Cc3ccccc32)[SiH](c2ccccc2)c2ccccc2)=C1. The summed E-state index contributed by atoms with van der Waals surface area (Å²) in [6.45, 7) is 0. The second-order valence-corrected chi connectivity index (χ2v) is 23.0. The first-order chi connectivity index (χ1) is 13.9. The van der Waals surface area contributed by atoms with E-state index in [1.54, 1.807) is 19.2 Å². The van der Waals surface area contributed by atoms with E-state index < -0.39 is 26.8 Å². The van der Waals surface area contributed by atoms with Crippen molar-refractivity contribution in [1.29, 1.82) is 0 Å². The molecule has 1 atom stereocenters. The normalized spacial score (nSPS) is 17.0. The minimum atomic E-state index is -2.06. The Balaban J connectivity index is 1.68. The van der Waals surface area contributed by atoms with Crippen molar-refractivity contribution >= 4 is 22.4 Å². The first-order valence-corrected chi connectivity index (χ1v) is 18.7. The van der Waals surface area contributed by atoms with Crippen LogP contribution in [0.15, 0.2) is 113 Å². The number of hydrogen-bond acceptors (Lipinski definition) is 0. The molecule has 1 unspecified atom stereocenters. The Kier molecular flexibility index (Phi) is 5.25. The second kappa shape index (κ2) is 8.15. The third kappa shape index (κ3) is 3.41. The molecular weight excluding hydrogens is 432 g/mol. The van der Waals surface area contributed by atoms with Crippen molar-refractivity contribution in [3.8, 4) is 0 Å². The average molecular weight is 455 g/mol. The number of allylic oxidation sites excluding steroid dienone is 5. The summed E-state index contributed by atoms with van der Waals surface area (Å²) in [5.74, 6) is -1.29. The Morgan fingerprint density at radius 2 is 1.39 bits per heavy atom. The standard InChI is InChI=1S/C12H11Si.C9H7.C5H5.Zr/c1-3-7-11(8-4-1)13-12-9-5-2-6-10-12;1-2-5-9-7-3-6-8(9)4-1;1-2-4-5-3-1;/h1-10,13H;1-7H;1-3H,4H2;. The molecule has 0 heterocycles. The van der Waals surface area contributed by atoms with E-state index in [1.165, 1.54) is 12.0 Å². The fraction of sp³-hybridized carbons (Fsp3) is 0.0769.